The molecule has 2 heterocycles. The van der Waals surface area contributed by atoms with Gasteiger partial charge in [0.1, 0.15) is 0 Å². The minimum absolute atomic E-state index is 1.07. The van der Waals surface area contributed by atoms with Crippen LogP contribution in [0.4, 0.5) is 34.1 Å². The normalized spacial score (nSPS) is 11.4. The van der Waals surface area contributed by atoms with E-state index < -0.39 is 0 Å². The first kappa shape index (κ1) is 33.9. The predicted octanol–water partition coefficient (Wildman–Crippen LogP) is 15.8. The molecule has 0 saturated heterocycles. The zero-order valence-corrected chi connectivity index (χ0v) is 32.4. The number of nitrogens with zero attached hydrogens (tertiary/aromatic N) is 3. The Morgan fingerprint density at radius 2 is 0.810 bits per heavy atom. The zero-order valence-electron chi connectivity index (χ0n) is 31.6. The molecule has 0 fully saturated rings. The van der Waals surface area contributed by atoms with Crippen LogP contribution < -0.4 is 9.80 Å². The number of benzene rings is 9. The van der Waals surface area contributed by atoms with Gasteiger partial charge >= 0.3 is 0 Å². The van der Waals surface area contributed by atoms with Crippen molar-refractivity contribution in [3.05, 3.63) is 224 Å². The van der Waals surface area contributed by atoms with E-state index in [-0.39, 0.29) is 0 Å². The summed E-state index contributed by atoms with van der Waals surface area (Å²) in [5.74, 6) is 0. The van der Waals surface area contributed by atoms with E-state index in [9.17, 15) is 0 Å². The van der Waals surface area contributed by atoms with Gasteiger partial charge in [0.2, 0.25) is 0 Å². The van der Waals surface area contributed by atoms with Gasteiger partial charge in [-0.3, -0.25) is 0 Å². The van der Waals surface area contributed by atoms with Crippen LogP contribution in [-0.2, 0) is 0 Å². The number of anilines is 6. The third-order valence-corrected chi connectivity index (χ3v) is 12.3. The highest BCUT2D eigenvalue weighted by Crippen LogP contribution is 2.50. The Balaban J connectivity index is 1.30. The minimum Gasteiger partial charge on any atom is -0.310 e. The first-order valence-corrected chi connectivity index (χ1v) is 20.5. The van der Waals surface area contributed by atoms with Gasteiger partial charge in [-0.05, 0) is 108 Å². The molecule has 0 unspecified atom stereocenters. The maximum atomic E-state index is 2.48. The van der Waals surface area contributed by atoms with E-state index in [1.807, 2.05) is 11.3 Å². The minimum atomic E-state index is 1.07. The second-order valence-corrected chi connectivity index (χ2v) is 15.6. The Kier molecular flexibility index (Phi) is 8.34. The lowest BCUT2D eigenvalue weighted by Crippen LogP contribution is -2.13. The second kappa shape index (κ2) is 14.3. The van der Waals surface area contributed by atoms with Crippen molar-refractivity contribution in [1.29, 1.82) is 0 Å². The van der Waals surface area contributed by atoms with E-state index in [0.29, 0.717) is 0 Å². The Bertz CT molecular complexity index is 3030. The van der Waals surface area contributed by atoms with Gasteiger partial charge in [-0.15, -0.1) is 11.3 Å². The lowest BCUT2D eigenvalue weighted by molar-refractivity contribution is 1.19. The fourth-order valence-electron chi connectivity index (χ4n) is 8.61. The van der Waals surface area contributed by atoms with Gasteiger partial charge in [-0.2, -0.15) is 0 Å². The molecule has 0 spiro atoms. The van der Waals surface area contributed by atoms with E-state index in [0.717, 1.165) is 45.4 Å². The third kappa shape index (κ3) is 5.73. The molecule has 0 N–H and O–H groups in total. The fourth-order valence-corrected chi connectivity index (χ4v) is 9.84. The molecule has 0 saturated carbocycles. The van der Waals surface area contributed by atoms with Crippen molar-refractivity contribution >= 4 is 87.4 Å². The van der Waals surface area contributed by atoms with Crippen LogP contribution in [-0.4, -0.2) is 4.57 Å². The Labute approximate surface area is 341 Å². The summed E-state index contributed by atoms with van der Waals surface area (Å²) in [6.45, 7) is 0. The zero-order chi connectivity index (χ0) is 38.4. The highest BCUT2D eigenvalue weighted by molar-refractivity contribution is 7.26. The molecule has 9 aromatic carbocycles. The molecule has 58 heavy (non-hydrogen) atoms. The third-order valence-electron chi connectivity index (χ3n) is 11.1. The van der Waals surface area contributed by atoms with Crippen LogP contribution >= 0.6 is 11.3 Å². The molecule has 4 heteroatoms. The summed E-state index contributed by atoms with van der Waals surface area (Å²) in [6, 6.07) is 81.0. The molecule has 11 rings (SSSR count). The lowest BCUT2D eigenvalue weighted by Gasteiger charge is -2.30. The first-order valence-electron chi connectivity index (χ1n) is 19.7. The number of thiophene rings is 1. The van der Waals surface area contributed by atoms with Crippen molar-refractivity contribution in [3.63, 3.8) is 0 Å². The number of aromatic nitrogens is 1. The standard InChI is InChI=1S/C54H37N3S/c1-6-20-39(21-7-1)55(40-22-8-2-9-23-40)44-34-38(35-45(36-44)56(41-24-10-3-11-25-41)42-26-12-4-13-27-42)48-37-49-46-30-17-19-33-51(46)58-54(49)53-52(48)47-31-16-18-32-50(47)57(53)43-28-14-5-15-29-43/h1-37H. The summed E-state index contributed by atoms with van der Waals surface area (Å²) in [5.41, 5.74) is 12.4. The van der Waals surface area contributed by atoms with Crippen LogP contribution in [0.5, 0.6) is 0 Å². The topological polar surface area (TPSA) is 11.4 Å². The Morgan fingerprint density at radius 3 is 1.34 bits per heavy atom. The van der Waals surface area contributed by atoms with E-state index in [1.54, 1.807) is 0 Å². The Morgan fingerprint density at radius 1 is 0.362 bits per heavy atom. The molecule has 0 radical (unpaired) electrons. The number of para-hydroxylation sites is 6. The molecule has 3 nitrogen and oxygen atoms in total. The summed E-state index contributed by atoms with van der Waals surface area (Å²) in [4.78, 5) is 4.76. The first-order chi connectivity index (χ1) is 28.8. The summed E-state index contributed by atoms with van der Waals surface area (Å²) in [6.07, 6.45) is 0. The molecule has 2 aromatic heterocycles. The van der Waals surface area contributed by atoms with Crippen LogP contribution in [0, 0.1) is 0 Å². The fraction of sp³-hybridized carbons (Fsp3) is 0. The molecule has 0 aliphatic carbocycles. The maximum Gasteiger partial charge on any atom is 0.0726 e. The van der Waals surface area contributed by atoms with Crippen molar-refractivity contribution in [3.8, 4) is 16.8 Å². The molecule has 0 amide bonds. The molecular formula is C54H37N3S. The van der Waals surface area contributed by atoms with Crippen molar-refractivity contribution in [2.24, 2.45) is 0 Å². The summed E-state index contributed by atoms with van der Waals surface area (Å²) >= 11 is 1.89. The number of hydrogen-bond acceptors (Lipinski definition) is 3. The van der Waals surface area contributed by atoms with Crippen LogP contribution in [0.25, 0.3) is 58.8 Å². The van der Waals surface area contributed by atoms with Gasteiger partial charge in [-0.25, -0.2) is 0 Å². The molecule has 0 aliphatic heterocycles. The van der Waals surface area contributed by atoms with E-state index >= 15 is 0 Å². The monoisotopic (exact) mass is 759 g/mol. The summed E-state index contributed by atoms with van der Waals surface area (Å²) in [5, 5.41) is 5.02. The smallest absolute Gasteiger partial charge is 0.0726 e. The van der Waals surface area contributed by atoms with Crippen molar-refractivity contribution in [2.45, 2.75) is 0 Å². The van der Waals surface area contributed by atoms with Crippen LogP contribution in [0.3, 0.4) is 0 Å². The molecule has 11 aromatic rings. The number of rotatable bonds is 8. The SMILES string of the molecule is c1ccc(N(c2ccccc2)c2cc(-c3cc4c5ccccc5sc4c4c3c3ccccc3n4-c3ccccc3)cc(N(c3ccccc3)c3ccccc3)c2)cc1. The number of hydrogen-bond donors (Lipinski definition) is 0. The van der Waals surface area contributed by atoms with Crippen molar-refractivity contribution in [1.82, 2.24) is 4.57 Å². The van der Waals surface area contributed by atoms with Gasteiger partial charge in [0, 0.05) is 66.1 Å². The molecule has 0 bridgehead atoms. The Hall–Kier alpha value is -7.40. The number of fused-ring (bicyclic) bond motifs is 7. The summed E-state index contributed by atoms with van der Waals surface area (Å²) < 4.78 is 5.06. The van der Waals surface area contributed by atoms with Gasteiger partial charge in [0.15, 0.2) is 0 Å². The van der Waals surface area contributed by atoms with Crippen molar-refractivity contribution in [2.75, 3.05) is 9.80 Å². The van der Waals surface area contributed by atoms with Gasteiger partial charge in [0.25, 0.3) is 0 Å². The predicted molar refractivity (Wildman–Crippen MR) is 248 cm³/mol. The largest absolute Gasteiger partial charge is 0.310 e. The van der Waals surface area contributed by atoms with Crippen LogP contribution in [0.15, 0.2) is 224 Å². The van der Waals surface area contributed by atoms with Crippen molar-refractivity contribution < 1.29 is 0 Å². The molecule has 0 atom stereocenters. The lowest BCUT2D eigenvalue weighted by atomic mass is 9.95. The van der Waals surface area contributed by atoms with Gasteiger partial charge < -0.3 is 14.4 Å². The van der Waals surface area contributed by atoms with Gasteiger partial charge in [0.05, 0.1) is 15.7 Å². The highest BCUT2D eigenvalue weighted by atomic mass is 32.1. The second-order valence-electron chi connectivity index (χ2n) is 14.6. The van der Waals surface area contributed by atoms with Gasteiger partial charge in [-0.1, -0.05) is 127 Å². The highest BCUT2D eigenvalue weighted by Gasteiger charge is 2.24. The quantitative estimate of drug-likeness (QED) is 0.153. The summed E-state index contributed by atoms with van der Waals surface area (Å²) in [7, 11) is 0. The van der Waals surface area contributed by atoms with E-state index in [1.165, 1.54) is 47.5 Å². The average molecular weight is 760 g/mol. The average Bonchev–Trinajstić information content (AvgIpc) is 3.84. The molecular weight excluding hydrogens is 723 g/mol. The molecule has 0 aliphatic rings. The van der Waals surface area contributed by atoms with Crippen LogP contribution in [0.2, 0.25) is 0 Å². The van der Waals surface area contributed by atoms with E-state index in [2.05, 4.69) is 239 Å². The maximum absolute atomic E-state index is 2.48. The van der Waals surface area contributed by atoms with Crippen LogP contribution in [0.1, 0.15) is 0 Å². The molecule has 274 valence electrons. The van der Waals surface area contributed by atoms with E-state index in [4.69, 9.17) is 0 Å².